The Bertz CT molecular complexity index is 692. The van der Waals surface area contributed by atoms with Crippen molar-refractivity contribution in [2.45, 2.75) is 29.8 Å². The molecule has 0 bridgehead atoms. The highest BCUT2D eigenvalue weighted by atomic mass is 32.2. The lowest BCUT2D eigenvalue weighted by atomic mass is 10.1. The number of aromatic nitrogens is 2. The number of rotatable bonds is 5. The molecule has 6 heteroatoms. The van der Waals surface area contributed by atoms with E-state index in [1.54, 1.807) is 24.4 Å². The van der Waals surface area contributed by atoms with Crippen LogP contribution in [0.5, 0.6) is 0 Å². The van der Waals surface area contributed by atoms with Gasteiger partial charge < -0.3 is 9.67 Å². The van der Waals surface area contributed by atoms with Gasteiger partial charge in [-0.05, 0) is 25.1 Å². The summed E-state index contributed by atoms with van der Waals surface area (Å²) < 4.78 is 2.02. The zero-order valence-corrected chi connectivity index (χ0v) is 12.4. The van der Waals surface area contributed by atoms with Crippen LogP contribution in [0.2, 0.25) is 0 Å². The van der Waals surface area contributed by atoms with Crippen LogP contribution < -0.4 is 0 Å². The van der Waals surface area contributed by atoms with E-state index in [1.807, 2.05) is 11.5 Å². The van der Waals surface area contributed by atoms with Crippen LogP contribution in [0.25, 0.3) is 0 Å². The second kappa shape index (κ2) is 6.94. The normalized spacial score (nSPS) is 10.1. The van der Waals surface area contributed by atoms with E-state index in [1.165, 1.54) is 11.8 Å². The zero-order chi connectivity index (χ0) is 15.2. The number of imidazole rings is 1. The molecule has 0 saturated heterocycles. The number of aliphatic hydroxyl groups excluding tert-OH is 1. The third-order valence-electron chi connectivity index (χ3n) is 2.94. The van der Waals surface area contributed by atoms with Crippen LogP contribution in [0.4, 0.5) is 0 Å². The number of hydrogen-bond acceptors (Lipinski definition) is 5. The summed E-state index contributed by atoms with van der Waals surface area (Å²) in [4.78, 5) is 5.14. The van der Waals surface area contributed by atoms with Gasteiger partial charge >= 0.3 is 0 Å². The van der Waals surface area contributed by atoms with Gasteiger partial charge in [-0.1, -0.05) is 11.8 Å². The lowest BCUT2D eigenvalue weighted by Gasteiger charge is -2.08. The molecule has 0 unspecified atom stereocenters. The van der Waals surface area contributed by atoms with Crippen molar-refractivity contribution in [3.05, 3.63) is 41.3 Å². The van der Waals surface area contributed by atoms with Gasteiger partial charge in [0.05, 0.1) is 41.1 Å². The predicted octanol–water partition coefficient (Wildman–Crippen LogP) is 2.33. The summed E-state index contributed by atoms with van der Waals surface area (Å²) in [6, 6.07) is 9.20. The van der Waals surface area contributed by atoms with Crippen molar-refractivity contribution < 1.29 is 5.11 Å². The minimum absolute atomic E-state index is 0.0591. The summed E-state index contributed by atoms with van der Waals surface area (Å²) in [5.74, 6) is 0.833. The van der Waals surface area contributed by atoms with E-state index in [0.717, 1.165) is 22.3 Å². The van der Waals surface area contributed by atoms with Gasteiger partial charge in [-0.25, -0.2) is 4.98 Å². The van der Waals surface area contributed by atoms with Gasteiger partial charge in [-0.2, -0.15) is 10.5 Å². The van der Waals surface area contributed by atoms with Crippen LogP contribution in [0.3, 0.4) is 0 Å². The van der Waals surface area contributed by atoms with Crippen LogP contribution in [-0.2, 0) is 13.0 Å². The molecule has 0 spiro atoms. The molecule has 0 atom stereocenters. The van der Waals surface area contributed by atoms with Crippen molar-refractivity contribution in [3.63, 3.8) is 0 Å². The van der Waals surface area contributed by atoms with Crippen molar-refractivity contribution in [2.24, 2.45) is 0 Å². The molecular weight excluding hydrogens is 284 g/mol. The van der Waals surface area contributed by atoms with Crippen molar-refractivity contribution in [3.8, 4) is 12.1 Å². The molecule has 1 heterocycles. The first kappa shape index (κ1) is 15.1. The molecule has 1 N–H and O–H groups in total. The molecule has 0 amide bonds. The third-order valence-corrected chi connectivity index (χ3v) is 3.95. The highest BCUT2D eigenvalue weighted by molar-refractivity contribution is 7.99. The summed E-state index contributed by atoms with van der Waals surface area (Å²) >= 11 is 1.46. The Kier molecular flexibility index (Phi) is 4.99. The predicted molar refractivity (Wildman–Crippen MR) is 78.7 cm³/mol. The number of nitriles is 2. The average molecular weight is 298 g/mol. The van der Waals surface area contributed by atoms with Gasteiger partial charge in [0, 0.05) is 17.9 Å². The van der Waals surface area contributed by atoms with Crippen LogP contribution in [-0.4, -0.2) is 21.3 Å². The van der Waals surface area contributed by atoms with E-state index in [2.05, 4.69) is 17.1 Å². The first-order chi connectivity index (χ1) is 10.2. The Labute approximate surface area is 127 Å². The number of hydrogen-bond donors (Lipinski definition) is 1. The van der Waals surface area contributed by atoms with Crippen molar-refractivity contribution in [1.29, 1.82) is 10.5 Å². The van der Waals surface area contributed by atoms with Crippen LogP contribution >= 0.6 is 11.8 Å². The number of benzene rings is 1. The Morgan fingerprint density at radius 3 is 2.43 bits per heavy atom. The molecule has 2 rings (SSSR count). The SMILES string of the molecule is CCn1c(Sc2cc(C#N)cc(C#N)c2)cnc1CCO. The summed E-state index contributed by atoms with van der Waals surface area (Å²) in [6.07, 6.45) is 2.26. The van der Waals surface area contributed by atoms with E-state index in [-0.39, 0.29) is 6.61 Å². The minimum Gasteiger partial charge on any atom is -0.396 e. The minimum atomic E-state index is 0.0591. The molecule has 0 aliphatic rings. The first-order valence-corrected chi connectivity index (χ1v) is 7.31. The highest BCUT2D eigenvalue weighted by Gasteiger charge is 2.10. The summed E-state index contributed by atoms with van der Waals surface area (Å²) in [5, 5.41) is 28.0. The maximum absolute atomic E-state index is 9.04. The van der Waals surface area contributed by atoms with Gasteiger partial charge in [0.15, 0.2) is 0 Å². The largest absolute Gasteiger partial charge is 0.396 e. The standard InChI is InChI=1S/C15H14N4OS/c1-2-19-14(3-4-20)18-10-15(19)21-13-6-11(8-16)5-12(7-13)9-17/h5-7,10,20H,2-4H2,1H3. The first-order valence-electron chi connectivity index (χ1n) is 6.50. The Morgan fingerprint density at radius 2 is 1.90 bits per heavy atom. The number of aliphatic hydroxyl groups is 1. The van der Waals surface area contributed by atoms with Crippen molar-refractivity contribution in [1.82, 2.24) is 9.55 Å². The fourth-order valence-electron chi connectivity index (χ4n) is 2.02. The molecule has 21 heavy (non-hydrogen) atoms. The van der Waals surface area contributed by atoms with Crippen molar-refractivity contribution >= 4 is 11.8 Å². The van der Waals surface area contributed by atoms with Gasteiger partial charge in [0.25, 0.3) is 0 Å². The smallest absolute Gasteiger partial charge is 0.111 e. The van der Waals surface area contributed by atoms with Gasteiger partial charge in [-0.3, -0.25) is 0 Å². The van der Waals surface area contributed by atoms with E-state index < -0.39 is 0 Å². The molecule has 0 saturated carbocycles. The maximum atomic E-state index is 9.04. The second-order valence-electron chi connectivity index (χ2n) is 4.30. The summed E-state index contributed by atoms with van der Waals surface area (Å²) in [7, 11) is 0. The molecule has 106 valence electrons. The van der Waals surface area contributed by atoms with Crippen molar-refractivity contribution in [2.75, 3.05) is 6.61 Å². The van der Waals surface area contributed by atoms with E-state index in [0.29, 0.717) is 17.5 Å². The second-order valence-corrected chi connectivity index (χ2v) is 5.40. The van der Waals surface area contributed by atoms with Gasteiger partial charge in [-0.15, -0.1) is 0 Å². The fraction of sp³-hybridized carbons (Fsp3) is 0.267. The third kappa shape index (κ3) is 3.43. The van der Waals surface area contributed by atoms with Gasteiger partial charge in [0.1, 0.15) is 5.82 Å². The average Bonchev–Trinajstić information content (AvgIpc) is 2.88. The van der Waals surface area contributed by atoms with Crippen LogP contribution in [0, 0.1) is 22.7 Å². The van der Waals surface area contributed by atoms with E-state index in [4.69, 9.17) is 15.6 Å². The molecule has 5 nitrogen and oxygen atoms in total. The van der Waals surface area contributed by atoms with Crippen LogP contribution in [0.15, 0.2) is 34.3 Å². The Hall–Kier alpha value is -2.28. The molecule has 0 aliphatic carbocycles. The maximum Gasteiger partial charge on any atom is 0.111 e. The fourth-order valence-corrected chi connectivity index (χ4v) is 3.09. The summed E-state index contributed by atoms with van der Waals surface area (Å²) in [6.45, 7) is 2.82. The van der Waals surface area contributed by atoms with E-state index >= 15 is 0 Å². The zero-order valence-electron chi connectivity index (χ0n) is 11.6. The molecule has 1 aromatic carbocycles. The molecule has 0 radical (unpaired) electrons. The molecule has 0 aliphatic heterocycles. The Balaban J connectivity index is 2.34. The molecule has 2 aromatic rings. The van der Waals surface area contributed by atoms with Crippen LogP contribution in [0.1, 0.15) is 23.9 Å². The lowest BCUT2D eigenvalue weighted by Crippen LogP contribution is -2.05. The molecule has 1 aromatic heterocycles. The van der Waals surface area contributed by atoms with E-state index in [9.17, 15) is 0 Å². The quantitative estimate of drug-likeness (QED) is 0.915. The highest BCUT2D eigenvalue weighted by Crippen LogP contribution is 2.30. The number of nitrogens with zero attached hydrogens (tertiary/aromatic N) is 4. The lowest BCUT2D eigenvalue weighted by molar-refractivity contribution is 0.294. The van der Waals surface area contributed by atoms with Gasteiger partial charge in [0.2, 0.25) is 0 Å². The Morgan fingerprint density at radius 1 is 1.24 bits per heavy atom. The summed E-state index contributed by atoms with van der Waals surface area (Å²) in [5.41, 5.74) is 0.935. The molecular formula is C15H14N4OS. The monoisotopic (exact) mass is 298 g/mol. The topological polar surface area (TPSA) is 85.6 Å². The molecule has 0 fully saturated rings.